The smallest absolute Gasteiger partial charge is 0.325 e. The summed E-state index contributed by atoms with van der Waals surface area (Å²) in [6, 6.07) is 5.32. The minimum atomic E-state index is -0.825. The van der Waals surface area contributed by atoms with Crippen LogP contribution in [0.25, 0.3) is 0 Å². The predicted molar refractivity (Wildman–Crippen MR) is 114 cm³/mol. The Morgan fingerprint density at radius 1 is 1.29 bits per heavy atom. The van der Waals surface area contributed by atoms with E-state index in [1.807, 2.05) is 32.0 Å². The number of rotatable bonds is 6. The van der Waals surface area contributed by atoms with Gasteiger partial charge < -0.3 is 20.1 Å². The quantitative estimate of drug-likeness (QED) is 0.535. The molecule has 168 valence electrons. The number of fused-ring (bicyclic) bond motifs is 1. The van der Waals surface area contributed by atoms with E-state index in [4.69, 9.17) is 9.47 Å². The Kier molecular flexibility index (Phi) is 5.58. The van der Waals surface area contributed by atoms with Gasteiger partial charge in [-0.25, -0.2) is 4.79 Å². The van der Waals surface area contributed by atoms with Crippen molar-refractivity contribution in [1.82, 2.24) is 15.5 Å². The van der Waals surface area contributed by atoms with Crippen LogP contribution in [0, 0.1) is 5.92 Å². The maximum absolute atomic E-state index is 12.8. The number of imide groups is 1. The van der Waals surface area contributed by atoms with Crippen molar-refractivity contribution in [2.75, 3.05) is 19.7 Å². The van der Waals surface area contributed by atoms with E-state index in [1.165, 1.54) is 0 Å². The molecule has 0 radical (unpaired) electrons. The first kappa shape index (κ1) is 21.5. The Balaban J connectivity index is 1.25. The summed E-state index contributed by atoms with van der Waals surface area (Å²) < 4.78 is 11.8. The molecule has 0 bridgehead atoms. The van der Waals surface area contributed by atoms with Crippen LogP contribution in [0.2, 0.25) is 0 Å². The van der Waals surface area contributed by atoms with Gasteiger partial charge in [0.15, 0.2) is 11.5 Å². The number of hydrogen-bond donors (Lipinski definition) is 2. The van der Waals surface area contributed by atoms with Gasteiger partial charge in [0.2, 0.25) is 5.91 Å². The Labute approximate surface area is 182 Å². The monoisotopic (exact) mass is 429 g/mol. The molecule has 31 heavy (non-hydrogen) atoms. The lowest BCUT2D eigenvalue weighted by Gasteiger charge is -2.33. The molecular weight excluding hydrogens is 398 g/mol. The molecule has 1 aromatic carbocycles. The third kappa shape index (κ3) is 4.34. The third-order valence-corrected chi connectivity index (χ3v) is 6.41. The zero-order chi connectivity index (χ0) is 22.2. The van der Waals surface area contributed by atoms with Crippen molar-refractivity contribution < 1.29 is 23.9 Å². The number of urea groups is 1. The lowest BCUT2D eigenvalue weighted by Crippen LogP contribution is -2.50. The van der Waals surface area contributed by atoms with E-state index in [1.54, 1.807) is 0 Å². The van der Waals surface area contributed by atoms with Crippen molar-refractivity contribution in [3.05, 3.63) is 23.8 Å². The Bertz CT molecular complexity index is 889. The fourth-order valence-corrected chi connectivity index (χ4v) is 4.67. The molecule has 1 aliphatic carbocycles. The lowest BCUT2D eigenvalue weighted by molar-refractivity contribution is -0.136. The molecule has 4 amide bonds. The molecule has 2 heterocycles. The molecule has 0 unspecified atom stereocenters. The first-order valence-electron chi connectivity index (χ1n) is 11.0. The predicted octanol–water partition coefficient (Wildman–Crippen LogP) is 2.40. The molecule has 0 atom stereocenters. The fourth-order valence-electron chi connectivity index (χ4n) is 4.67. The highest BCUT2D eigenvalue weighted by atomic mass is 16.5. The molecule has 1 saturated heterocycles. The molecule has 8 nitrogen and oxygen atoms in total. The van der Waals surface area contributed by atoms with E-state index in [0.29, 0.717) is 24.5 Å². The highest BCUT2D eigenvalue weighted by Crippen LogP contribution is 2.41. The van der Waals surface area contributed by atoms with E-state index in [9.17, 15) is 14.4 Å². The topological polar surface area (TPSA) is 97.0 Å². The van der Waals surface area contributed by atoms with Crippen molar-refractivity contribution in [3.8, 4) is 11.5 Å². The van der Waals surface area contributed by atoms with E-state index in [-0.39, 0.29) is 37.1 Å². The molecule has 2 N–H and O–H groups in total. The van der Waals surface area contributed by atoms with Crippen LogP contribution in [-0.2, 0) is 16.0 Å². The highest BCUT2D eigenvalue weighted by Gasteiger charge is 2.52. The van der Waals surface area contributed by atoms with Crippen molar-refractivity contribution in [1.29, 1.82) is 0 Å². The van der Waals surface area contributed by atoms with Crippen LogP contribution >= 0.6 is 0 Å². The average molecular weight is 430 g/mol. The molecule has 4 rings (SSSR count). The zero-order valence-corrected chi connectivity index (χ0v) is 18.5. The van der Waals surface area contributed by atoms with Gasteiger partial charge in [0.25, 0.3) is 5.91 Å². The van der Waals surface area contributed by atoms with E-state index in [0.717, 1.165) is 35.5 Å². The van der Waals surface area contributed by atoms with Gasteiger partial charge in [-0.05, 0) is 51.5 Å². The summed E-state index contributed by atoms with van der Waals surface area (Å²) in [6.07, 6.45) is 3.87. The molecule has 2 fully saturated rings. The largest absolute Gasteiger partial charge is 0.488 e. The number of ether oxygens (including phenoxy) is 2. The normalized spacial score (nSPS) is 26.4. The lowest BCUT2D eigenvalue weighted by atomic mass is 9.77. The summed E-state index contributed by atoms with van der Waals surface area (Å²) in [7, 11) is 0. The molecule has 1 aromatic rings. The number of para-hydroxylation sites is 1. The zero-order valence-electron chi connectivity index (χ0n) is 18.5. The Morgan fingerprint density at radius 3 is 2.77 bits per heavy atom. The van der Waals surface area contributed by atoms with Gasteiger partial charge in [-0.15, -0.1) is 0 Å². The SMILES string of the molecule is CC1CCC2(CC1)NC(=O)N(CC(=O)NCCOc1cccc3c1OC(C)(C)C3)C2=O. The van der Waals surface area contributed by atoms with Crippen LogP contribution in [0.3, 0.4) is 0 Å². The van der Waals surface area contributed by atoms with Gasteiger partial charge in [0.1, 0.15) is 24.3 Å². The van der Waals surface area contributed by atoms with Gasteiger partial charge >= 0.3 is 6.03 Å². The molecule has 0 aromatic heterocycles. The van der Waals surface area contributed by atoms with Crippen LogP contribution in [0.15, 0.2) is 18.2 Å². The van der Waals surface area contributed by atoms with Crippen LogP contribution in [0.5, 0.6) is 11.5 Å². The fraction of sp³-hybridized carbons (Fsp3) is 0.609. The second-order valence-electron chi connectivity index (χ2n) is 9.57. The summed E-state index contributed by atoms with van der Waals surface area (Å²) in [4.78, 5) is 38.5. The molecule has 8 heteroatoms. The summed E-state index contributed by atoms with van der Waals surface area (Å²) in [5.41, 5.74) is 0.0252. The van der Waals surface area contributed by atoms with Gasteiger partial charge in [-0.2, -0.15) is 0 Å². The summed E-state index contributed by atoms with van der Waals surface area (Å²) in [6.45, 7) is 6.46. The van der Waals surface area contributed by atoms with Crippen molar-refractivity contribution in [2.45, 2.75) is 64.0 Å². The number of hydrogen-bond acceptors (Lipinski definition) is 5. The number of carbonyl (C=O) groups excluding carboxylic acids is 3. The number of benzene rings is 1. The summed E-state index contributed by atoms with van der Waals surface area (Å²) in [5, 5.41) is 5.56. The van der Waals surface area contributed by atoms with Gasteiger partial charge in [0.05, 0.1) is 6.54 Å². The standard InChI is InChI=1S/C23H31N3O5/c1-15-7-9-23(10-8-15)20(28)26(21(29)25-23)14-18(27)24-11-12-30-17-6-4-5-16-13-22(2,3)31-19(16)17/h4-6,15H,7-14H2,1-3H3,(H,24,27)(H,25,29). The van der Waals surface area contributed by atoms with E-state index >= 15 is 0 Å². The summed E-state index contributed by atoms with van der Waals surface area (Å²) in [5.74, 6) is 1.29. The Morgan fingerprint density at radius 2 is 2.03 bits per heavy atom. The molecule has 2 aliphatic heterocycles. The van der Waals surface area contributed by atoms with Crippen LogP contribution in [0.1, 0.15) is 52.0 Å². The Hall–Kier alpha value is -2.77. The van der Waals surface area contributed by atoms with Crippen LogP contribution in [0.4, 0.5) is 4.79 Å². The van der Waals surface area contributed by atoms with E-state index in [2.05, 4.69) is 17.6 Å². The minimum Gasteiger partial charge on any atom is -0.488 e. The molecule has 1 saturated carbocycles. The second-order valence-corrected chi connectivity index (χ2v) is 9.57. The molecule has 1 spiro atoms. The maximum atomic E-state index is 12.8. The van der Waals surface area contributed by atoms with Gasteiger partial charge in [-0.1, -0.05) is 19.1 Å². The highest BCUT2D eigenvalue weighted by molar-refractivity contribution is 6.09. The first-order valence-corrected chi connectivity index (χ1v) is 11.0. The molecular formula is C23H31N3O5. The number of nitrogens with zero attached hydrogens (tertiary/aromatic N) is 1. The van der Waals surface area contributed by atoms with Crippen LogP contribution in [-0.4, -0.2) is 53.6 Å². The van der Waals surface area contributed by atoms with Crippen LogP contribution < -0.4 is 20.1 Å². The average Bonchev–Trinajstić information content (AvgIpc) is 3.15. The van der Waals surface area contributed by atoms with Crippen molar-refractivity contribution in [3.63, 3.8) is 0 Å². The maximum Gasteiger partial charge on any atom is 0.325 e. The van der Waals surface area contributed by atoms with Crippen molar-refractivity contribution in [2.24, 2.45) is 5.92 Å². The third-order valence-electron chi connectivity index (χ3n) is 6.41. The number of amides is 4. The van der Waals surface area contributed by atoms with E-state index < -0.39 is 11.6 Å². The van der Waals surface area contributed by atoms with Gasteiger partial charge in [0, 0.05) is 12.0 Å². The molecule has 3 aliphatic rings. The minimum absolute atomic E-state index is 0.257. The number of nitrogens with one attached hydrogen (secondary N) is 2. The summed E-state index contributed by atoms with van der Waals surface area (Å²) >= 11 is 0. The first-order chi connectivity index (χ1) is 14.7. The van der Waals surface area contributed by atoms with Gasteiger partial charge in [-0.3, -0.25) is 14.5 Å². The van der Waals surface area contributed by atoms with Crippen molar-refractivity contribution >= 4 is 17.8 Å². The second kappa shape index (κ2) is 8.05. The number of carbonyl (C=O) groups is 3.